The number of benzene rings is 2. The third-order valence-corrected chi connectivity index (χ3v) is 6.44. The van der Waals surface area contributed by atoms with E-state index in [0.29, 0.717) is 23.8 Å². The molecule has 0 N–H and O–H groups in total. The van der Waals surface area contributed by atoms with Gasteiger partial charge in [0.25, 0.3) is 5.91 Å². The van der Waals surface area contributed by atoms with Crippen LogP contribution in [-0.4, -0.2) is 51.4 Å². The Hall–Kier alpha value is -3.26. The minimum Gasteiger partial charge on any atom is -0.337 e. The SMILES string of the molecule is C=CCN(CC(=O)N1CCCCC1c1nc(-c2ccc(Br)cc2)no1)C(=O)c1ccc(C)cc1. The molecule has 176 valence electrons. The standard InChI is InChI=1S/C26H27BrN4O3/c1-3-15-30(26(33)20-9-7-18(2)8-10-20)17-23(32)31-16-5-4-6-22(31)25-28-24(29-34-25)19-11-13-21(27)14-12-19/h3,7-14,22H,1,4-6,15-17H2,2H3. The van der Waals surface area contributed by atoms with Gasteiger partial charge in [-0.05, 0) is 62.6 Å². The topological polar surface area (TPSA) is 79.5 Å². The smallest absolute Gasteiger partial charge is 0.254 e. The molecule has 1 aliphatic rings. The lowest BCUT2D eigenvalue weighted by Crippen LogP contribution is -2.46. The second kappa shape index (κ2) is 10.8. The van der Waals surface area contributed by atoms with Crippen molar-refractivity contribution >= 4 is 27.7 Å². The Balaban J connectivity index is 1.51. The summed E-state index contributed by atoms with van der Waals surface area (Å²) in [4.78, 5) is 34.3. The van der Waals surface area contributed by atoms with Gasteiger partial charge in [-0.3, -0.25) is 9.59 Å². The summed E-state index contributed by atoms with van der Waals surface area (Å²) in [6.07, 6.45) is 4.23. The maximum Gasteiger partial charge on any atom is 0.254 e. The number of aryl methyl sites for hydroxylation is 1. The van der Waals surface area contributed by atoms with Gasteiger partial charge in [0.15, 0.2) is 0 Å². The Kier molecular flexibility index (Phi) is 7.57. The summed E-state index contributed by atoms with van der Waals surface area (Å²) in [5.41, 5.74) is 2.46. The van der Waals surface area contributed by atoms with Crippen LogP contribution in [0.15, 0.2) is 70.2 Å². The first-order valence-corrected chi connectivity index (χ1v) is 12.1. The molecule has 3 aromatic rings. The van der Waals surface area contributed by atoms with Gasteiger partial charge >= 0.3 is 0 Å². The molecule has 0 saturated carbocycles. The Morgan fingerprint density at radius 2 is 1.91 bits per heavy atom. The van der Waals surface area contributed by atoms with Gasteiger partial charge < -0.3 is 14.3 Å². The molecule has 0 spiro atoms. The van der Waals surface area contributed by atoms with Crippen molar-refractivity contribution in [3.63, 3.8) is 0 Å². The fourth-order valence-electron chi connectivity index (χ4n) is 4.08. The van der Waals surface area contributed by atoms with E-state index in [-0.39, 0.29) is 30.9 Å². The number of carbonyl (C=O) groups excluding carboxylic acids is 2. The van der Waals surface area contributed by atoms with Gasteiger partial charge in [0, 0.05) is 28.7 Å². The lowest BCUT2D eigenvalue weighted by Gasteiger charge is -2.35. The quantitative estimate of drug-likeness (QED) is 0.399. The molecule has 1 unspecified atom stereocenters. The largest absolute Gasteiger partial charge is 0.337 e. The number of hydrogen-bond acceptors (Lipinski definition) is 5. The van der Waals surface area contributed by atoms with Crippen LogP contribution in [0.1, 0.15) is 47.1 Å². The van der Waals surface area contributed by atoms with E-state index < -0.39 is 0 Å². The predicted octanol–water partition coefficient (Wildman–Crippen LogP) is 5.19. The summed E-state index contributed by atoms with van der Waals surface area (Å²) in [6, 6.07) is 14.7. The van der Waals surface area contributed by atoms with E-state index in [1.807, 2.05) is 43.3 Å². The molecule has 4 rings (SSSR count). The van der Waals surface area contributed by atoms with Crippen molar-refractivity contribution in [1.29, 1.82) is 0 Å². The summed E-state index contributed by atoms with van der Waals surface area (Å²) in [7, 11) is 0. The summed E-state index contributed by atoms with van der Waals surface area (Å²) in [5.74, 6) is 0.571. The molecule has 0 bridgehead atoms. The number of rotatable bonds is 7. The average molecular weight is 523 g/mol. The van der Waals surface area contributed by atoms with Crippen molar-refractivity contribution < 1.29 is 14.1 Å². The monoisotopic (exact) mass is 522 g/mol. The van der Waals surface area contributed by atoms with Gasteiger partial charge in [-0.1, -0.05) is 44.9 Å². The van der Waals surface area contributed by atoms with Crippen LogP contribution >= 0.6 is 15.9 Å². The average Bonchev–Trinajstić information content (AvgIpc) is 3.34. The summed E-state index contributed by atoms with van der Waals surface area (Å²) >= 11 is 3.43. The van der Waals surface area contributed by atoms with E-state index in [4.69, 9.17) is 4.52 Å². The van der Waals surface area contributed by atoms with Crippen molar-refractivity contribution in [2.75, 3.05) is 19.6 Å². The van der Waals surface area contributed by atoms with Crippen molar-refractivity contribution in [3.05, 3.63) is 82.7 Å². The summed E-state index contributed by atoms with van der Waals surface area (Å²) < 4.78 is 6.55. The second-order valence-corrected chi connectivity index (χ2v) is 9.32. The van der Waals surface area contributed by atoms with Gasteiger partial charge in [-0.25, -0.2) is 0 Å². The van der Waals surface area contributed by atoms with Gasteiger partial charge in [0.1, 0.15) is 12.6 Å². The highest BCUT2D eigenvalue weighted by Crippen LogP contribution is 2.31. The molecule has 8 heteroatoms. The third-order valence-electron chi connectivity index (χ3n) is 5.91. The van der Waals surface area contributed by atoms with Crippen LogP contribution in [0.2, 0.25) is 0 Å². The first-order valence-electron chi connectivity index (χ1n) is 11.3. The van der Waals surface area contributed by atoms with Crippen LogP contribution in [0.5, 0.6) is 0 Å². The van der Waals surface area contributed by atoms with Crippen LogP contribution < -0.4 is 0 Å². The Labute approximate surface area is 207 Å². The predicted molar refractivity (Wildman–Crippen MR) is 133 cm³/mol. The van der Waals surface area contributed by atoms with E-state index >= 15 is 0 Å². The van der Waals surface area contributed by atoms with Crippen LogP contribution in [-0.2, 0) is 4.79 Å². The molecule has 0 aliphatic carbocycles. The van der Waals surface area contributed by atoms with E-state index in [2.05, 4.69) is 32.6 Å². The fraction of sp³-hybridized carbons (Fsp3) is 0.308. The van der Waals surface area contributed by atoms with E-state index in [1.54, 1.807) is 23.1 Å². The molecular weight excluding hydrogens is 496 g/mol. The highest BCUT2D eigenvalue weighted by molar-refractivity contribution is 9.10. The minimum atomic E-state index is -0.307. The number of hydrogen-bond donors (Lipinski definition) is 0. The molecule has 1 atom stereocenters. The fourth-order valence-corrected chi connectivity index (χ4v) is 4.35. The number of halogens is 1. The van der Waals surface area contributed by atoms with Gasteiger partial charge in [0.05, 0.1) is 0 Å². The maximum absolute atomic E-state index is 13.4. The Bertz CT molecular complexity index is 1160. The number of likely N-dealkylation sites (tertiary alicyclic amines) is 1. The molecule has 34 heavy (non-hydrogen) atoms. The summed E-state index contributed by atoms with van der Waals surface area (Å²) in [6.45, 7) is 6.55. The van der Waals surface area contributed by atoms with Crippen molar-refractivity contribution in [3.8, 4) is 11.4 Å². The lowest BCUT2D eigenvalue weighted by atomic mass is 10.0. The van der Waals surface area contributed by atoms with Gasteiger partial charge in [-0.15, -0.1) is 6.58 Å². The highest BCUT2D eigenvalue weighted by atomic mass is 79.9. The Morgan fingerprint density at radius 1 is 1.18 bits per heavy atom. The van der Waals surface area contributed by atoms with Crippen LogP contribution in [0, 0.1) is 6.92 Å². The zero-order valence-corrected chi connectivity index (χ0v) is 20.7. The number of carbonyl (C=O) groups is 2. The van der Waals surface area contributed by atoms with Crippen LogP contribution in [0.4, 0.5) is 0 Å². The number of aromatic nitrogens is 2. The number of amides is 2. The van der Waals surface area contributed by atoms with Crippen LogP contribution in [0.3, 0.4) is 0 Å². The first-order chi connectivity index (χ1) is 16.5. The lowest BCUT2D eigenvalue weighted by molar-refractivity contribution is -0.136. The third kappa shape index (κ3) is 5.44. The first kappa shape index (κ1) is 23.9. The molecular formula is C26H27BrN4O3. The Morgan fingerprint density at radius 3 is 2.62 bits per heavy atom. The zero-order chi connectivity index (χ0) is 24.1. The van der Waals surface area contributed by atoms with Crippen molar-refractivity contribution in [2.24, 2.45) is 0 Å². The van der Waals surface area contributed by atoms with Gasteiger partial charge in [-0.2, -0.15) is 4.98 Å². The van der Waals surface area contributed by atoms with Crippen molar-refractivity contribution in [1.82, 2.24) is 19.9 Å². The molecule has 1 saturated heterocycles. The highest BCUT2D eigenvalue weighted by Gasteiger charge is 2.33. The van der Waals surface area contributed by atoms with Crippen molar-refractivity contribution in [2.45, 2.75) is 32.2 Å². The molecule has 1 fully saturated rings. The van der Waals surface area contributed by atoms with E-state index in [0.717, 1.165) is 34.9 Å². The van der Waals surface area contributed by atoms with Gasteiger partial charge in [0.2, 0.25) is 17.6 Å². The molecule has 2 aromatic carbocycles. The van der Waals surface area contributed by atoms with E-state index in [9.17, 15) is 9.59 Å². The molecule has 0 radical (unpaired) electrons. The molecule has 7 nitrogen and oxygen atoms in total. The molecule has 1 aliphatic heterocycles. The zero-order valence-electron chi connectivity index (χ0n) is 19.1. The second-order valence-electron chi connectivity index (χ2n) is 8.40. The molecule has 2 heterocycles. The molecule has 2 amide bonds. The van der Waals surface area contributed by atoms with E-state index in [1.165, 1.54) is 4.90 Å². The number of piperidine rings is 1. The van der Waals surface area contributed by atoms with Crippen LogP contribution in [0.25, 0.3) is 11.4 Å². The summed E-state index contributed by atoms with van der Waals surface area (Å²) in [5, 5.41) is 4.13. The normalized spacial score (nSPS) is 15.7. The maximum atomic E-state index is 13.4. The number of nitrogens with zero attached hydrogens (tertiary/aromatic N) is 4. The minimum absolute atomic E-state index is 0.0388. The molecule has 1 aromatic heterocycles.